The molecule has 0 aliphatic rings. The minimum atomic E-state index is -2.79. The first-order valence-electron chi connectivity index (χ1n) is 5.63. The number of nitrogens with zero attached hydrogens (tertiary/aromatic N) is 3. The van der Waals surface area contributed by atoms with E-state index < -0.39 is 11.3 Å². The van der Waals surface area contributed by atoms with Gasteiger partial charge in [-0.05, 0) is 6.07 Å². The van der Waals surface area contributed by atoms with Crippen molar-refractivity contribution < 1.29 is 13.7 Å². The van der Waals surface area contributed by atoms with E-state index in [1.807, 2.05) is 6.92 Å². The second-order valence-electron chi connectivity index (χ2n) is 3.87. The Morgan fingerprint density at radius 1 is 1.47 bits per heavy atom. The van der Waals surface area contributed by atoms with Gasteiger partial charge in [0, 0.05) is 36.5 Å². The molecule has 0 amide bonds. The number of halogens is 2. The lowest BCUT2D eigenvalue weighted by Crippen LogP contribution is -2.04. The van der Waals surface area contributed by atoms with Crippen LogP contribution in [0.5, 0.6) is 0 Å². The summed E-state index contributed by atoms with van der Waals surface area (Å²) in [6.07, 6.45) is 0.857. The molecule has 0 spiro atoms. The maximum Gasteiger partial charge on any atom is 0.270 e. The molecule has 0 aliphatic carbocycles. The predicted molar refractivity (Wildman–Crippen MR) is 64.6 cm³/mol. The van der Waals surface area contributed by atoms with E-state index in [0.29, 0.717) is 12.2 Å². The van der Waals surface area contributed by atoms with Crippen LogP contribution < -0.4 is 0 Å². The Hall–Kier alpha value is -2.31. The first kappa shape index (κ1) is 13.1. The van der Waals surface area contributed by atoms with Gasteiger partial charge in [0.2, 0.25) is 0 Å². The van der Waals surface area contributed by atoms with Crippen LogP contribution in [0.3, 0.4) is 0 Å². The smallest absolute Gasteiger partial charge is 0.270 e. The molecular formula is C12H11F2N3O2. The largest absolute Gasteiger partial charge is 0.303 e. The minimum absolute atomic E-state index is 0.218. The van der Waals surface area contributed by atoms with Crippen molar-refractivity contribution in [2.24, 2.45) is 0 Å². The van der Waals surface area contributed by atoms with Crippen molar-refractivity contribution in [3.63, 3.8) is 0 Å². The molecule has 0 N–H and O–H groups in total. The molecule has 0 aliphatic heterocycles. The molecule has 0 radical (unpaired) electrons. The summed E-state index contributed by atoms with van der Waals surface area (Å²) < 4.78 is 27.6. The third-order valence-corrected chi connectivity index (χ3v) is 2.75. The van der Waals surface area contributed by atoms with Gasteiger partial charge in [0.15, 0.2) is 0 Å². The molecule has 0 atom stereocenters. The van der Waals surface area contributed by atoms with Crippen LogP contribution in [-0.2, 0) is 6.42 Å². The zero-order chi connectivity index (χ0) is 14.0. The maximum absolute atomic E-state index is 13.0. The quantitative estimate of drug-likeness (QED) is 0.630. The average Bonchev–Trinajstić information content (AvgIpc) is 2.85. The van der Waals surface area contributed by atoms with E-state index >= 15 is 0 Å². The highest BCUT2D eigenvalue weighted by Crippen LogP contribution is 2.30. The van der Waals surface area contributed by atoms with Gasteiger partial charge in [-0.1, -0.05) is 6.92 Å². The summed E-state index contributed by atoms with van der Waals surface area (Å²) in [6, 6.07) is 3.43. The Labute approximate surface area is 107 Å². The Morgan fingerprint density at radius 3 is 2.79 bits per heavy atom. The lowest BCUT2D eigenvalue weighted by molar-refractivity contribution is -0.385. The highest BCUT2D eigenvalue weighted by atomic mass is 19.3. The Balaban J connectivity index is 2.60. The van der Waals surface area contributed by atoms with E-state index in [2.05, 4.69) is 4.98 Å². The second kappa shape index (κ2) is 5.13. The van der Waals surface area contributed by atoms with Crippen molar-refractivity contribution in [2.45, 2.75) is 19.8 Å². The molecule has 5 nitrogen and oxygen atoms in total. The second-order valence-corrected chi connectivity index (χ2v) is 3.87. The fourth-order valence-electron chi connectivity index (χ4n) is 1.86. The molecule has 1 heterocycles. The van der Waals surface area contributed by atoms with E-state index in [-0.39, 0.29) is 16.9 Å². The highest BCUT2D eigenvalue weighted by Gasteiger charge is 2.19. The van der Waals surface area contributed by atoms with Crippen LogP contribution in [0.1, 0.15) is 24.7 Å². The van der Waals surface area contributed by atoms with Crippen LogP contribution in [0, 0.1) is 10.1 Å². The van der Waals surface area contributed by atoms with Crippen molar-refractivity contribution in [1.82, 2.24) is 9.55 Å². The number of benzene rings is 1. The third-order valence-electron chi connectivity index (χ3n) is 2.75. The number of hydrogen-bond donors (Lipinski definition) is 0. The number of rotatable bonds is 4. The Kier molecular flexibility index (Phi) is 3.55. The monoisotopic (exact) mass is 267 g/mol. The van der Waals surface area contributed by atoms with Gasteiger partial charge in [0.25, 0.3) is 12.1 Å². The molecule has 0 bridgehead atoms. The van der Waals surface area contributed by atoms with Crippen LogP contribution in [-0.4, -0.2) is 14.5 Å². The van der Waals surface area contributed by atoms with Gasteiger partial charge in [-0.15, -0.1) is 0 Å². The number of non-ortho nitro benzene ring substituents is 1. The summed E-state index contributed by atoms with van der Waals surface area (Å²) in [6.45, 7) is 1.85. The number of aromatic nitrogens is 2. The van der Waals surface area contributed by atoms with Crippen LogP contribution in [0.25, 0.3) is 5.69 Å². The SMILES string of the molecule is CCc1nccn1-c1ccc([N+](=O)[O-])cc1C(F)F. The number of imidazole rings is 1. The van der Waals surface area contributed by atoms with Gasteiger partial charge in [-0.2, -0.15) is 0 Å². The molecule has 2 aromatic rings. The van der Waals surface area contributed by atoms with E-state index in [9.17, 15) is 18.9 Å². The van der Waals surface area contributed by atoms with Gasteiger partial charge in [0.1, 0.15) is 5.82 Å². The molecule has 7 heteroatoms. The minimum Gasteiger partial charge on any atom is -0.303 e. The maximum atomic E-state index is 13.0. The van der Waals surface area contributed by atoms with E-state index in [4.69, 9.17) is 0 Å². The molecule has 19 heavy (non-hydrogen) atoms. The molecule has 100 valence electrons. The third kappa shape index (κ3) is 2.44. The van der Waals surface area contributed by atoms with E-state index in [0.717, 1.165) is 6.07 Å². The number of aryl methyl sites for hydroxylation is 1. The Bertz CT molecular complexity index is 611. The van der Waals surface area contributed by atoms with Crippen molar-refractivity contribution >= 4 is 5.69 Å². The molecular weight excluding hydrogens is 256 g/mol. The van der Waals surface area contributed by atoms with E-state index in [1.165, 1.54) is 22.9 Å². The lowest BCUT2D eigenvalue weighted by Gasteiger charge is -2.11. The number of nitro groups is 1. The van der Waals surface area contributed by atoms with Crippen LogP contribution >= 0.6 is 0 Å². The van der Waals surface area contributed by atoms with Crippen molar-refractivity contribution in [1.29, 1.82) is 0 Å². The first-order chi connectivity index (χ1) is 9.04. The zero-order valence-corrected chi connectivity index (χ0v) is 10.1. The van der Waals surface area contributed by atoms with Crippen molar-refractivity contribution in [3.8, 4) is 5.69 Å². The topological polar surface area (TPSA) is 61.0 Å². The predicted octanol–water partition coefficient (Wildman–Crippen LogP) is 3.28. The number of alkyl halides is 2. The summed E-state index contributed by atoms with van der Waals surface area (Å²) in [5.41, 5.74) is -0.505. The molecule has 2 rings (SSSR count). The molecule has 0 saturated carbocycles. The average molecular weight is 267 g/mol. The number of nitro benzene ring substituents is 1. The van der Waals surface area contributed by atoms with Gasteiger partial charge < -0.3 is 4.57 Å². The summed E-state index contributed by atoms with van der Waals surface area (Å²) in [7, 11) is 0. The zero-order valence-electron chi connectivity index (χ0n) is 10.1. The normalized spacial score (nSPS) is 10.9. The molecule has 0 fully saturated rings. The summed E-state index contributed by atoms with van der Waals surface area (Å²) in [5, 5.41) is 10.6. The van der Waals surface area contributed by atoms with Crippen LogP contribution in [0.15, 0.2) is 30.6 Å². The van der Waals surface area contributed by atoms with Crippen molar-refractivity contribution in [2.75, 3.05) is 0 Å². The van der Waals surface area contributed by atoms with Gasteiger partial charge in [-0.3, -0.25) is 10.1 Å². The van der Waals surface area contributed by atoms with Gasteiger partial charge >= 0.3 is 0 Å². The molecule has 1 aromatic heterocycles. The molecule has 0 unspecified atom stereocenters. The van der Waals surface area contributed by atoms with Crippen molar-refractivity contribution in [3.05, 3.63) is 52.1 Å². The highest BCUT2D eigenvalue weighted by molar-refractivity contribution is 5.49. The van der Waals surface area contributed by atoms with Gasteiger partial charge in [0.05, 0.1) is 10.6 Å². The van der Waals surface area contributed by atoms with Crippen LogP contribution in [0.2, 0.25) is 0 Å². The van der Waals surface area contributed by atoms with Gasteiger partial charge in [-0.25, -0.2) is 13.8 Å². The fourth-order valence-corrected chi connectivity index (χ4v) is 1.86. The van der Waals surface area contributed by atoms with Crippen LogP contribution in [0.4, 0.5) is 14.5 Å². The molecule has 0 saturated heterocycles. The fraction of sp³-hybridized carbons (Fsp3) is 0.250. The standard InChI is InChI=1S/C12H11F2N3O2/c1-2-11-15-5-6-16(11)10-4-3-8(17(18)19)7-9(10)12(13)14/h3-7,12H,2H2,1H3. The van der Waals surface area contributed by atoms with E-state index in [1.54, 1.807) is 6.20 Å². The summed E-state index contributed by atoms with van der Waals surface area (Å²) >= 11 is 0. The lowest BCUT2D eigenvalue weighted by atomic mass is 10.1. The number of hydrogen-bond acceptors (Lipinski definition) is 3. The summed E-state index contributed by atoms with van der Waals surface area (Å²) in [5.74, 6) is 0.621. The first-order valence-corrected chi connectivity index (χ1v) is 5.63. The summed E-state index contributed by atoms with van der Waals surface area (Å²) in [4.78, 5) is 14.0. The molecule has 1 aromatic carbocycles. The Morgan fingerprint density at radius 2 is 2.21 bits per heavy atom.